The number of hydrogen-bond donors (Lipinski definition) is 1. The van der Waals surface area contributed by atoms with Crippen LogP contribution in [0.3, 0.4) is 0 Å². The standard InChI is InChI=1S/C19H22ClN3O3S/c1-4-23(5-2)18(25)11-27-19-14(10-21)13(9-17(24)22-19)12-6-7-16(26-3)15(20)8-12/h6-8,13H,4-5,9,11H2,1-3H3,(H,22,24)/t13-/m0/s1. The number of nitrogens with one attached hydrogen (secondary N) is 1. The average Bonchev–Trinajstić information content (AvgIpc) is 2.66. The number of carbonyl (C=O) groups excluding carboxylic acids is 2. The summed E-state index contributed by atoms with van der Waals surface area (Å²) < 4.78 is 5.16. The van der Waals surface area contributed by atoms with Crippen LogP contribution in [0.2, 0.25) is 5.02 Å². The molecule has 2 amide bonds. The van der Waals surface area contributed by atoms with Crippen molar-refractivity contribution in [3.63, 3.8) is 0 Å². The number of ether oxygens (including phenoxy) is 1. The Balaban J connectivity index is 2.29. The minimum absolute atomic E-state index is 0.0290. The number of carbonyl (C=O) groups is 2. The summed E-state index contributed by atoms with van der Waals surface area (Å²) >= 11 is 7.39. The minimum Gasteiger partial charge on any atom is -0.495 e. The quantitative estimate of drug-likeness (QED) is 0.749. The normalized spacial score (nSPS) is 16.6. The Kier molecular flexibility index (Phi) is 7.57. The molecule has 0 aliphatic carbocycles. The minimum atomic E-state index is -0.404. The summed E-state index contributed by atoms with van der Waals surface area (Å²) in [4.78, 5) is 26.2. The van der Waals surface area contributed by atoms with Crippen LogP contribution in [0.15, 0.2) is 28.8 Å². The van der Waals surface area contributed by atoms with E-state index in [1.165, 1.54) is 18.9 Å². The van der Waals surface area contributed by atoms with E-state index in [2.05, 4.69) is 11.4 Å². The van der Waals surface area contributed by atoms with Gasteiger partial charge in [0.2, 0.25) is 11.8 Å². The van der Waals surface area contributed by atoms with E-state index in [1.54, 1.807) is 23.1 Å². The number of methoxy groups -OCH3 is 1. The van der Waals surface area contributed by atoms with Gasteiger partial charge in [-0.05, 0) is 31.5 Å². The molecule has 1 heterocycles. The van der Waals surface area contributed by atoms with Crippen molar-refractivity contribution in [2.75, 3.05) is 26.0 Å². The summed E-state index contributed by atoms with van der Waals surface area (Å²) in [6.45, 7) is 5.08. The fraction of sp³-hybridized carbons (Fsp3) is 0.421. The summed E-state index contributed by atoms with van der Waals surface area (Å²) in [5, 5.41) is 13.3. The van der Waals surface area contributed by atoms with Crippen molar-refractivity contribution in [3.8, 4) is 11.8 Å². The van der Waals surface area contributed by atoms with Gasteiger partial charge >= 0.3 is 0 Å². The van der Waals surface area contributed by atoms with E-state index in [0.29, 0.717) is 34.5 Å². The highest BCUT2D eigenvalue weighted by molar-refractivity contribution is 8.03. The van der Waals surface area contributed by atoms with Crippen LogP contribution in [0.5, 0.6) is 5.75 Å². The summed E-state index contributed by atoms with van der Waals surface area (Å²) in [6, 6.07) is 7.43. The molecular formula is C19H22ClN3O3S. The highest BCUT2D eigenvalue weighted by Gasteiger charge is 2.30. The largest absolute Gasteiger partial charge is 0.495 e. The maximum absolute atomic E-state index is 12.2. The molecule has 8 heteroatoms. The van der Waals surface area contributed by atoms with Crippen LogP contribution in [0.25, 0.3) is 0 Å². The lowest BCUT2D eigenvalue weighted by atomic mass is 9.87. The van der Waals surface area contributed by atoms with E-state index in [1.807, 2.05) is 13.8 Å². The zero-order chi connectivity index (χ0) is 20.0. The third kappa shape index (κ3) is 4.96. The van der Waals surface area contributed by atoms with Crippen molar-refractivity contribution in [2.24, 2.45) is 0 Å². The van der Waals surface area contributed by atoms with Gasteiger partial charge in [-0.2, -0.15) is 5.26 Å². The molecule has 0 fully saturated rings. The second-order valence-corrected chi connectivity index (χ2v) is 7.30. The van der Waals surface area contributed by atoms with E-state index >= 15 is 0 Å². The third-order valence-electron chi connectivity index (χ3n) is 4.39. The number of thioether (sulfide) groups is 1. The molecule has 6 nitrogen and oxygen atoms in total. The van der Waals surface area contributed by atoms with Gasteiger partial charge in [-0.1, -0.05) is 29.4 Å². The molecule has 0 bridgehead atoms. The highest BCUT2D eigenvalue weighted by Crippen LogP contribution is 2.38. The van der Waals surface area contributed by atoms with E-state index in [0.717, 1.165) is 5.56 Å². The van der Waals surface area contributed by atoms with Crippen molar-refractivity contribution < 1.29 is 14.3 Å². The maximum atomic E-state index is 12.2. The molecule has 0 saturated carbocycles. The Morgan fingerprint density at radius 3 is 2.70 bits per heavy atom. The summed E-state index contributed by atoms with van der Waals surface area (Å²) in [7, 11) is 1.52. The predicted octanol–water partition coefficient (Wildman–Crippen LogP) is 3.29. The molecule has 0 aromatic heterocycles. The number of nitrogens with zero attached hydrogens (tertiary/aromatic N) is 2. The molecule has 0 radical (unpaired) electrons. The molecule has 144 valence electrons. The van der Waals surface area contributed by atoms with E-state index < -0.39 is 5.92 Å². The Labute approximate surface area is 168 Å². The maximum Gasteiger partial charge on any atom is 0.232 e. The predicted molar refractivity (Wildman–Crippen MR) is 107 cm³/mol. The van der Waals surface area contributed by atoms with Crippen LogP contribution in [-0.4, -0.2) is 42.7 Å². The van der Waals surface area contributed by atoms with Gasteiger partial charge in [0.1, 0.15) is 5.75 Å². The van der Waals surface area contributed by atoms with Gasteiger partial charge in [-0.3, -0.25) is 9.59 Å². The van der Waals surface area contributed by atoms with Gasteiger partial charge < -0.3 is 15.0 Å². The SMILES string of the molecule is CCN(CC)C(=O)CSC1=C(C#N)[C@H](c2ccc(OC)c(Cl)c2)CC(=O)N1. The molecule has 1 aliphatic heterocycles. The average molecular weight is 408 g/mol. The second-order valence-electron chi connectivity index (χ2n) is 5.91. The van der Waals surface area contributed by atoms with Crippen molar-refractivity contribution in [2.45, 2.75) is 26.2 Å². The van der Waals surface area contributed by atoms with E-state index in [4.69, 9.17) is 16.3 Å². The fourth-order valence-electron chi connectivity index (χ4n) is 2.92. The van der Waals surface area contributed by atoms with Crippen LogP contribution in [0.1, 0.15) is 31.7 Å². The Morgan fingerprint density at radius 1 is 1.44 bits per heavy atom. The molecule has 27 heavy (non-hydrogen) atoms. The number of allylic oxidation sites excluding steroid dienone is 1. The Hall–Kier alpha value is -2.17. The van der Waals surface area contributed by atoms with E-state index in [-0.39, 0.29) is 24.0 Å². The Morgan fingerprint density at radius 2 is 2.15 bits per heavy atom. The summed E-state index contributed by atoms with van der Waals surface area (Å²) in [6.07, 6.45) is 0.152. The monoisotopic (exact) mass is 407 g/mol. The molecule has 1 aliphatic rings. The zero-order valence-corrected chi connectivity index (χ0v) is 17.1. The summed E-state index contributed by atoms with van der Waals surface area (Å²) in [5.74, 6) is 0.0710. The van der Waals surface area contributed by atoms with Gasteiger partial charge in [-0.25, -0.2) is 0 Å². The molecule has 0 spiro atoms. The molecular weight excluding hydrogens is 386 g/mol. The first-order valence-corrected chi connectivity index (χ1v) is 9.99. The molecule has 1 N–H and O–H groups in total. The van der Waals surface area contributed by atoms with Crippen molar-refractivity contribution >= 4 is 35.2 Å². The Bertz CT molecular complexity index is 800. The molecule has 2 rings (SSSR count). The highest BCUT2D eigenvalue weighted by atomic mass is 35.5. The van der Waals surface area contributed by atoms with Gasteiger partial charge in [0.25, 0.3) is 0 Å². The van der Waals surface area contributed by atoms with Gasteiger partial charge in [0, 0.05) is 25.4 Å². The van der Waals surface area contributed by atoms with Crippen LogP contribution in [0.4, 0.5) is 0 Å². The number of rotatable bonds is 7. The van der Waals surface area contributed by atoms with Crippen molar-refractivity contribution in [1.82, 2.24) is 10.2 Å². The first-order valence-electron chi connectivity index (χ1n) is 8.63. The first-order chi connectivity index (χ1) is 12.9. The van der Waals surface area contributed by atoms with Crippen LogP contribution in [-0.2, 0) is 9.59 Å². The lowest BCUT2D eigenvalue weighted by Gasteiger charge is -2.26. The lowest BCUT2D eigenvalue weighted by molar-refractivity contribution is -0.128. The number of nitriles is 1. The third-order valence-corrected chi connectivity index (χ3v) is 5.69. The number of halogens is 1. The second kappa shape index (κ2) is 9.67. The number of amides is 2. The van der Waals surface area contributed by atoms with Crippen LogP contribution < -0.4 is 10.1 Å². The molecule has 1 aromatic carbocycles. The van der Waals surface area contributed by atoms with Crippen molar-refractivity contribution in [1.29, 1.82) is 5.26 Å². The van der Waals surface area contributed by atoms with Crippen molar-refractivity contribution in [3.05, 3.63) is 39.4 Å². The molecule has 0 unspecified atom stereocenters. The number of benzene rings is 1. The van der Waals surface area contributed by atoms with Gasteiger partial charge in [0.05, 0.1) is 34.6 Å². The zero-order valence-electron chi connectivity index (χ0n) is 15.5. The van der Waals surface area contributed by atoms with Crippen LogP contribution >= 0.6 is 23.4 Å². The van der Waals surface area contributed by atoms with Gasteiger partial charge in [0.15, 0.2) is 0 Å². The van der Waals surface area contributed by atoms with Crippen LogP contribution in [0, 0.1) is 11.3 Å². The lowest BCUT2D eigenvalue weighted by Crippen LogP contribution is -2.34. The number of hydrogen-bond acceptors (Lipinski definition) is 5. The smallest absolute Gasteiger partial charge is 0.232 e. The van der Waals surface area contributed by atoms with E-state index in [9.17, 15) is 14.9 Å². The molecule has 0 saturated heterocycles. The summed E-state index contributed by atoms with van der Waals surface area (Å²) in [5.41, 5.74) is 1.20. The molecule has 1 atom stereocenters. The molecule has 1 aromatic rings. The topological polar surface area (TPSA) is 82.4 Å². The first kappa shape index (κ1) is 21.1. The van der Waals surface area contributed by atoms with Gasteiger partial charge in [-0.15, -0.1) is 0 Å². The fourth-order valence-corrected chi connectivity index (χ4v) is 4.16.